The monoisotopic (exact) mass is 473 g/mol. The molecule has 0 heterocycles. The van der Waals surface area contributed by atoms with Gasteiger partial charge in [-0.05, 0) is 61.2 Å². The topological polar surface area (TPSA) is 96.5 Å². The van der Waals surface area contributed by atoms with Gasteiger partial charge in [-0.1, -0.05) is 29.8 Å². The molecule has 2 aromatic carbocycles. The zero-order valence-corrected chi connectivity index (χ0v) is 18.4. The van der Waals surface area contributed by atoms with Crippen LogP contribution in [0, 0.1) is 11.8 Å². The van der Waals surface area contributed by atoms with E-state index in [-0.39, 0.29) is 11.8 Å². The molecule has 3 rings (SSSR count). The molecular formula is C22H24BrN3O4. The van der Waals surface area contributed by atoms with Crippen LogP contribution in [0.4, 0.5) is 5.69 Å². The highest BCUT2D eigenvalue weighted by molar-refractivity contribution is 9.10. The molecule has 8 heteroatoms. The second kappa shape index (κ2) is 9.75. The summed E-state index contributed by atoms with van der Waals surface area (Å²) in [5.74, 6) is -0.102. The summed E-state index contributed by atoms with van der Waals surface area (Å²) in [5.41, 5.74) is 6.11. The highest BCUT2D eigenvalue weighted by atomic mass is 79.9. The summed E-state index contributed by atoms with van der Waals surface area (Å²) in [5, 5.41) is 2.81. The number of halogens is 1. The van der Waals surface area contributed by atoms with E-state index in [1.165, 1.54) is 0 Å². The van der Waals surface area contributed by atoms with E-state index in [1.54, 1.807) is 42.5 Å². The van der Waals surface area contributed by atoms with E-state index in [9.17, 15) is 14.4 Å². The first-order valence-electron chi connectivity index (χ1n) is 9.77. The molecule has 0 radical (unpaired) electrons. The number of nitrogens with one attached hydrogen (secondary N) is 3. The van der Waals surface area contributed by atoms with Crippen LogP contribution in [0.3, 0.4) is 0 Å². The number of rotatable bonds is 7. The van der Waals surface area contributed by atoms with Crippen molar-refractivity contribution >= 4 is 39.3 Å². The molecule has 1 aliphatic carbocycles. The number of carbonyl (C=O) groups is 3. The Kier molecular flexibility index (Phi) is 7.10. The van der Waals surface area contributed by atoms with E-state index < -0.39 is 11.8 Å². The summed E-state index contributed by atoms with van der Waals surface area (Å²) in [6.07, 6.45) is 1.85. The Labute approximate surface area is 183 Å². The van der Waals surface area contributed by atoms with Crippen LogP contribution in [0.25, 0.3) is 0 Å². The van der Waals surface area contributed by atoms with Crippen molar-refractivity contribution in [3.63, 3.8) is 0 Å². The molecule has 1 saturated carbocycles. The van der Waals surface area contributed by atoms with E-state index in [0.717, 1.165) is 17.3 Å². The first-order chi connectivity index (χ1) is 14.3. The molecule has 0 saturated heterocycles. The summed E-state index contributed by atoms with van der Waals surface area (Å²) < 4.78 is 6.43. The van der Waals surface area contributed by atoms with Crippen LogP contribution in [-0.2, 0) is 4.79 Å². The van der Waals surface area contributed by atoms with Gasteiger partial charge in [0.2, 0.25) is 5.91 Å². The number of hydrogen-bond donors (Lipinski definition) is 3. The van der Waals surface area contributed by atoms with E-state index >= 15 is 0 Å². The maximum Gasteiger partial charge on any atom is 0.273 e. The summed E-state index contributed by atoms with van der Waals surface area (Å²) >= 11 is 3.35. The van der Waals surface area contributed by atoms with Gasteiger partial charge in [-0.3, -0.25) is 25.2 Å². The fourth-order valence-electron chi connectivity index (χ4n) is 2.61. The predicted molar refractivity (Wildman–Crippen MR) is 117 cm³/mol. The molecule has 3 N–H and O–H groups in total. The number of carbonyl (C=O) groups excluding carboxylic acids is 3. The van der Waals surface area contributed by atoms with Crippen LogP contribution in [-0.4, -0.2) is 24.3 Å². The fourth-order valence-corrected chi connectivity index (χ4v) is 2.97. The SMILES string of the molecule is CC(C)COc1ccc(Br)cc1C(=O)NNC(=O)c1ccc(NC(=O)C2CC2)cc1. The van der Waals surface area contributed by atoms with E-state index in [2.05, 4.69) is 32.1 Å². The molecule has 30 heavy (non-hydrogen) atoms. The van der Waals surface area contributed by atoms with Crippen molar-refractivity contribution in [3.05, 3.63) is 58.1 Å². The smallest absolute Gasteiger partial charge is 0.273 e. The number of amides is 3. The van der Waals surface area contributed by atoms with Gasteiger partial charge in [0.25, 0.3) is 11.8 Å². The van der Waals surface area contributed by atoms with Crippen LogP contribution in [0.5, 0.6) is 5.75 Å². The molecule has 0 atom stereocenters. The van der Waals surface area contributed by atoms with Gasteiger partial charge in [0.05, 0.1) is 12.2 Å². The minimum atomic E-state index is -0.489. The molecule has 0 bridgehead atoms. The van der Waals surface area contributed by atoms with E-state index in [4.69, 9.17) is 4.74 Å². The number of benzene rings is 2. The van der Waals surface area contributed by atoms with Crippen molar-refractivity contribution in [2.75, 3.05) is 11.9 Å². The molecular weight excluding hydrogens is 450 g/mol. The van der Waals surface area contributed by atoms with Crippen molar-refractivity contribution in [3.8, 4) is 5.75 Å². The molecule has 2 aromatic rings. The quantitative estimate of drug-likeness (QED) is 0.531. The van der Waals surface area contributed by atoms with Crippen LogP contribution in [0.15, 0.2) is 46.9 Å². The van der Waals surface area contributed by atoms with Crippen molar-refractivity contribution in [2.45, 2.75) is 26.7 Å². The van der Waals surface area contributed by atoms with Gasteiger partial charge in [-0.2, -0.15) is 0 Å². The van der Waals surface area contributed by atoms with Gasteiger partial charge in [0, 0.05) is 21.6 Å². The van der Waals surface area contributed by atoms with Gasteiger partial charge in [0.15, 0.2) is 0 Å². The van der Waals surface area contributed by atoms with Gasteiger partial charge >= 0.3 is 0 Å². The molecule has 1 fully saturated rings. The minimum absolute atomic E-state index is 0.00368. The fraction of sp³-hybridized carbons (Fsp3) is 0.318. The first kappa shape index (κ1) is 21.8. The average molecular weight is 474 g/mol. The van der Waals surface area contributed by atoms with Gasteiger partial charge in [-0.25, -0.2) is 0 Å². The lowest BCUT2D eigenvalue weighted by Gasteiger charge is -2.14. The maximum atomic E-state index is 12.6. The average Bonchev–Trinajstić information content (AvgIpc) is 3.56. The zero-order chi connectivity index (χ0) is 21.7. The van der Waals surface area contributed by atoms with Crippen LogP contribution in [0.2, 0.25) is 0 Å². The molecule has 1 aliphatic rings. The maximum absolute atomic E-state index is 12.6. The third-order valence-electron chi connectivity index (χ3n) is 4.41. The third kappa shape index (κ3) is 6.06. The lowest BCUT2D eigenvalue weighted by molar-refractivity contribution is -0.117. The Morgan fingerprint density at radius 2 is 1.70 bits per heavy atom. The van der Waals surface area contributed by atoms with Gasteiger partial charge in [0.1, 0.15) is 5.75 Å². The van der Waals surface area contributed by atoms with Crippen LogP contribution < -0.4 is 20.9 Å². The van der Waals surface area contributed by atoms with E-state index in [0.29, 0.717) is 35.1 Å². The highest BCUT2D eigenvalue weighted by Gasteiger charge is 2.29. The molecule has 3 amide bonds. The Hall–Kier alpha value is -2.87. The first-order valence-corrected chi connectivity index (χ1v) is 10.6. The normalized spacial score (nSPS) is 12.9. The Morgan fingerprint density at radius 1 is 1.03 bits per heavy atom. The summed E-state index contributed by atoms with van der Waals surface area (Å²) in [6.45, 7) is 4.50. The molecule has 0 spiro atoms. The number of hydrazine groups is 1. The zero-order valence-electron chi connectivity index (χ0n) is 16.8. The van der Waals surface area contributed by atoms with Crippen molar-refractivity contribution < 1.29 is 19.1 Å². The Morgan fingerprint density at radius 3 is 2.33 bits per heavy atom. The largest absolute Gasteiger partial charge is 0.492 e. The number of anilines is 1. The molecule has 0 unspecified atom stereocenters. The molecule has 0 aliphatic heterocycles. The van der Waals surface area contributed by atoms with Crippen LogP contribution >= 0.6 is 15.9 Å². The highest BCUT2D eigenvalue weighted by Crippen LogP contribution is 2.30. The van der Waals surface area contributed by atoms with Gasteiger partial charge < -0.3 is 10.1 Å². The Balaban J connectivity index is 1.58. The lowest BCUT2D eigenvalue weighted by Crippen LogP contribution is -2.41. The van der Waals surface area contributed by atoms with Crippen LogP contribution in [0.1, 0.15) is 47.4 Å². The Bertz CT molecular complexity index is 940. The second-order valence-electron chi connectivity index (χ2n) is 7.59. The van der Waals surface area contributed by atoms with Gasteiger partial charge in [-0.15, -0.1) is 0 Å². The molecule has 158 valence electrons. The minimum Gasteiger partial charge on any atom is -0.492 e. The third-order valence-corrected chi connectivity index (χ3v) is 4.90. The summed E-state index contributed by atoms with van der Waals surface area (Å²) in [7, 11) is 0. The molecule has 0 aromatic heterocycles. The standard InChI is InChI=1S/C22H24BrN3O4/c1-13(2)12-30-19-10-7-16(23)11-18(19)22(29)26-25-21(28)15-5-8-17(9-6-15)24-20(27)14-3-4-14/h5-11,13-14H,3-4,12H2,1-2H3,(H,24,27)(H,25,28)(H,26,29). The van der Waals surface area contributed by atoms with E-state index in [1.807, 2.05) is 13.8 Å². The summed E-state index contributed by atoms with van der Waals surface area (Å²) in [4.78, 5) is 36.7. The van der Waals surface area contributed by atoms with Crippen molar-refractivity contribution in [1.29, 1.82) is 0 Å². The number of ether oxygens (including phenoxy) is 1. The summed E-state index contributed by atoms with van der Waals surface area (Å²) in [6, 6.07) is 11.6. The number of hydrogen-bond acceptors (Lipinski definition) is 4. The van der Waals surface area contributed by atoms with Crippen molar-refractivity contribution in [2.24, 2.45) is 11.8 Å². The van der Waals surface area contributed by atoms with Crippen molar-refractivity contribution in [1.82, 2.24) is 10.9 Å². The predicted octanol–water partition coefficient (Wildman–Crippen LogP) is 3.91. The molecule has 7 nitrogen and oxygen atoms in total. The second-order valence-corrected chi connectivity index (χ2v) is 8.51. The lowest BCUT2D eigenvalue weighted by atomic mass is 10.2.